The van der Waals surface area contributed by atoms with E-state index < -0.39 is 12.0 Å². The molecule has 0 saturated carbocycles. The van der Waals surface area contributed by atoms with Crippen LogP contribution in [0.1, 0.15) is 31.4 Å². The largest absolute Gasteiger partial charge is 0.480 e. The van der Waals surface area contributed by atoms with Gasteiger partial charge in [0.1, 0.15) is 10.4 Å². The molecule has 0 aliphatic carbocycles. The lowest BCUT2D eigenvalue weighted by molar-refractivity contribution is -0.147. The lowest BCUT2D eigenvalue weighted by Gasteiger charge is -2.27. The maximum absolute atomic E-state index is 12.6. The first kappa shape index (κ1) is 17.7. The van der Waals surface area contributed by atoms with E-state index in [1.54, 1.807) is 6.08 Å². The van der Waals surface area contributed by atoms with Crippen molar-refractivity contribution in [2.75, 3.05) is 0 Å². The van der Waals surface area contributed by atoms with Gasteiger partial charge in [0.05, 0.1) is 4.91 Å². The van der Waals surface area contributed by atoms with Gasteiger partial charge >= 0.3 is 5.97 Å². The second-order valence-corrected chi connectivity index (χ2v) is 7.31. The topological polar surface area (TPSA) is 57.6 Å². The van der Waals surface area contributed by atoms with Crippen LogP contribution in [0, 0.1) is 12.8 Å². The van der Waals surface area contributed by atoms with E-state index in [4.69, 9.17) is 12.2 Å². The maximum atomic E-state index is 12.6. The van der Waals surface area contributed by atoms with Crippen molar-refractivity contribution in [3.63, 3.8) is 0 Å². The summed E-state index contributed by atoms with van der Waals surface area (Å²) in [5.74, 6) is -1.52. The number of nitrogens with zero attached hydrogens (tertiary/aromatic N) is 1. The van der Waals surface area contributed by atoms with E-state index in [-0.39, 0.29) is 11.8 Å². The first-order valence-corrected chi connectivity index (χ1v) is 8.64. The van der Waals surface area contributed by atoms with Crippen molar-refractivity contribution in [3.05, 3.63) is 40.3 Å². The Morgan fingerprint density at radius 2 is 2.00 bits per heavy atom. The molecular weight excluding hydrogens is 330 g/mol. The molecule has 2 atom stereocenters. The fourth-order valence-electron chi connectivity index (χ4n) is 2.37. The predicted octanol–water partition coefficient (Wildman–Crippen LogP) is 3.70. The molecular formula is C17H19NO3S2. The highest BCUT2D eigenvalue weighted by atomic mass is 32.2. The Labute approximate surface area is 145 Å². The quantitative estimate of drug-likeness (QED) is 0.649. The number of carbonyl (C=O) groups excluding carboxylic acids is 1. The molecule has 1 aromatic rings. The first-order valence-electron chi connectivity index (χ1n) is 7.41. The van der Waals surface area contributed by atoms with Crippen molar-refractivity contribution in [3.8, 4) is 0 Å². The third kappa shape index (κ3) is 3.82. The maximum Gasteiger partial charge on any atom is 0.327 e. The fraction of sp³-hybridized carbons (Fsp3) is 0.353. The van der Waals surface area contributed by atoms with Crippen molar-refractivity contribution in [2.45, 2.75) is 33.2 Å². The van der Waals surface area contributed by atoms with Crippen LogP contribution >= 0.6 is 24.0 Å². The molecule has 4 nitrogen and oxygen atoms in total. The summed E-state index contributed by atoms with van der Waals surface area (Å²) in [4.78, 5) is 26.0. The molecule has 1 aliphatic rings. The van der Waals surface area contributed by atoms with Crippen LogP contribution in [0.3, 0.4) is 0 Å². The molecule has 0 aromatic heterocycles. The number of carbonyl (C=O) groups is 2. The van der Waals surface area contributed by atoms with Gasteiger partial charge in [0.15, 0.2) is 0 Å². The van der Waals surface area contributed by atoms with Gasteiger partial charge in [-0.25, -0.2) is 4.79 Å². The van der Waals surface area contributed by atoms with Crippen LogP contribution in [0.15, 0.2) is 29.2 Å². The van der Waals surface area contributed by atoms with E-state index in [2.05, 4.69) is 0 Å². The molecule has 0 radical (unpaired) electrons. The number of benzene rings is 1. The standard InChI is InChI=1S/C17H19NO3S2/c1-4-11(3)14(16(20)21)18-15(19)13(23-17(18)22)9-12-7-5-10(2)6-8-12/h5-9,11,14H,4H2,1-3H3,(H,20,21)/b13-9-. The van der Waals surface area contributed by atoms with Crippen LogP contribution in [-0.4, -0.2) is 32.2 Å². The van der Waals surface area contributed by atoms with Crippen LogP contribution in [0.2, 0.25) is 0 Å². The van der Waals surface area contributed by atoms with Crippen molar-refractivity contribution in [1.82, 2.24) is 4.90 Å². The van der Waals surface area contributed by atoms with Gasteiger partial charge in [-0.1, -0.05) is 74.1 Å². The molecule has 2 unspecified atom stereocenters. The van der Waals surface area contributed by atoms with Gasteiger partial charge in [0.25, 0.3) is 5.91 Å². The number of thiocarbonyl (C=S) groups is 1. The van der Waals surface area contributed by atoms with Gasteiger partial charge < -0.3 is 5.11 Å². The third-order valence-electron chi connectivity index (χ3n) is 3.91. The van der Waals surface area contributed by atoms with E-state index in [1.165, 1.54) is 4.90 Å². The van der Waals surface area contributed by atoms with E-state index in [0.29, 0.717) is 15.6 Å². The molecule has 122 valence electrons. The van der Waals surface area contributed by atoms with Gasteiger partial charge in [-0.05, 0) is 24.5 Å². The molecule has 6 heteroatoms. The summed E-state index contributed by atoms with van der Waals surface area (Å²) >= 11 is 6.42. The number of hydrogen-bond donors (Lipinski definition) is 1. The molecule has 1 amide bonds. The van der Waals surface area contributed by atoms with Crippen molar-refractivity contribution < 1.29 is 14.7 Å². The van der Waals surface area contributed by atoms with Gasteiger partial charge in [-0.3, -0.25) is 9.69 Å². The molecule has 1 aliphatic heterocycles. The Morgan fingerprint density at radius 3 is 2.52 bits per heavy atom. The lowest BCUT2D eigenvalue weighted by Crippen LogP contribution is -2.47. The number of aliphatic carboxylic acids is 1. The van der Waals surface area contributed by atoms with Crippen molar-refractivity contribution in [2.24, 2.45) is 5.92 Å². The molecule has 0 bridgehead atoms. The summed E-state index contributed by atoms with van der Waals surface area (Å²) in [5, 5.41) is 9.50. The van der Waals surface area contributed by atoms with Gasteiger partial charge in [0, 0.05) is 0 Å². The summed E-state index contributed by atoms with van der Waals surface area (Å²) in [6.07, 6.45) is 2.42. The van der Waals surface area contributed by atoms with Crippen LogP contribution in [0.5, 0.6) is 0 Å². The molecule has 1 saturated heterocycles. The smallest absolute Gasteiger partial charge is 0.327 e. The van der Waals surface area contributed by atoms with E-state index in [0.717, 1.165) is 22.9 Å². The minimum atomic E-state index is -1.02. The average Bonchev–Trinajstić information content (AvgIpc) is 2.77. The summed E-state index contributed by atoms with van der Waals surface area (Å²) < 4.78 is 0.307. The molecule has 1 heterocycles. The SMILES string of the molecule is CCC(C)C(C(=O)O)N1C(=O)/C(=C/c2ccc(C)cc2)SC1=S. The highest BCUT2D eigenvalue weighted by Crippen LogP contribution is 2.35. The summed E-state index contributed by atoms with van der Waals surface area (Å²) in [6.45, 7) is 5.72. The normalized spacial score (nSPS) is 19.3. The van der Waals surface area contributed by atoms with E-state index >= 15 is 0 Å². The molecule has 1 N–H and O–H groups in total. The van der Waals surface area contributed by atoms with E-state index in [1.807, 2.05) is 45.0 Å². The van der Waals surface area contributed by atoms with Gasteiger partial charge in [-0.2, -0.15) is 0 Å². The monoisotopic (exact) mass is 349 g/mol. The molecule has 1 aromatic carbocycles. The highest BCUT2D eigenvalue weighted by Gasteiger charge is 2.42. The van der Waals surface area contributed by atoms with Crippen LogP contribution in [-0.2, 0) is 9.59 Å². The summed E-state index contributed by atoms with van der Waals surface area (Å²) in [5.41, 5.74) is 2.03. The third-order valence-corrected chi connectivity index (χ3v) is 5.24. The first-order chi connectivity index (χ1) is 10.8. The molecule has 2 rings (SSSR count). The Morgan fingerprint density at radius 1 is 1.39 bits per heavy atom. The summed E-state index contributed by atoms with van der Waals surface area (Å²) in [7, 11) is 0. The Balaban J connectivity index is 2.32. The van der Waals surface area contributed by atoms with Crippen molar-refractivity contribution in [1.29, 1.82) is 0 Å². The number of thioether (sulfide) groups is 1. The molecule has 23 heavy (non-hydrogen) atoms. The number of rotatable bonds is 5. The van der Waals surface area contributed by atoms with Gasteiger partial charge in [-0.15, -0.1) is 0 Å². The predicted molar refractivity (Wildman–Crippen MR) is 97.1 cm³/mol. The minimum absolute atomic E-state index is 0.172. The van der Waals surface area contributed by atoms with Crippen LogP contribution < -0.4 is 0 Å². The second-order valence-electron chi connectivity index (χ2n) is 5.63. The minimum Gasteiger partial charge on any atom is -0.480 e. The zero-order valence-corrected chi connectivity index (χ0v) is 14.9. The van der Waals surface area contributed by atoms with E-state index in [9.17, 15) is 14.7 Å². The fourth-order valence-corrected chi connectivity index (χ4v) is 3.69. The molecule has 1 fully saturated rings. The summed E-state index contributed by atoms with van der Waals surface area (Å²) in [6, 6.07) is 6.85. The zero-order valence-electron chi connectivity index (χ0n) is 13.3. The Hall–Kier alpha value is -1.66. The number of carboxylic acids is 1. The van der Waals surface area contributed by atoms with Crippen molar-refractivity contribution >= 4 is 46.3 Å². The zero-order chi connectivity index (χ0) is 17.1. The molecule has 0 spiro atoms. The van der Waals surface area contributed by atoms with Gasteiger partial charge in [0.2, 0.25) is 0 Å². The number of amides is 1. The second kappa shape index (κ2) is 7.27. The van der Waals surface area contributed by atoms with Crippen LogP contribution in [0.4, 0.5) is 0 Å². The number of carboxylic acid groups (broad SMARTS) is 1. The number of aryl methyl sites for hydroxylation is 1. The highest BCUT2D eigenvalue weighted by molar-refractivity contribution is 8.26. The lowest BCUT2D eigenvalue weighted by atomic mass is 9.98. The Kier molecular flexibility index (Phi) is 5.59. The van der Waals surface area contributed by atoms with Crippen LogP contribution in [0.25, 0.3) is 6.08 Å². The average molecular weight is 349 g/mol. The Bertz CT molecular complexity index is 667. The number of hydrogen-bond acceptors (Lipinski definition) is 4.